The van der Waals surface area contributed by atoms with E-state index in [0.29, 0.717) is 12.6 Å². The van der Waals surface area contributed by atoms with Gasteiger partial charge in [0.05, 0.1) is 6.10 Å². The van der Waals surface area contributed by atoms with Crippen LogP contribution in [0.4, 0.5) is 0 Å². The maximum Gasteiger partial charge on any atom is 0.223 e. The van der Waals surface area contributed by atoms with Crippen molar-refractivity contribution in [2.24, 2.45) is 5.92 Å². The summed E-state index contributed by atoms with van der Waals surface area (Å²) in [5.74, 6) is 0.229. The molecule has 0 bridgehead atoms. The molecule has 1 aliphatic heterocycles. The van der Waals surface area contributed by atoms with Crippen LogP contribution in [-0.4, -0.2) is 60.7 Å². The summed E-state index contributed by atoms with van der Waals surface area (Å²) in [5.41, 5.74) is 1.05. The van der Waals surface area contributed by atoms with Gasteiger partial charge < -0.3 is 20.1 Å². The molecule has 152 valence electrons. The largest absolute Gasteiger partial charge is 0.381 e. The van der Waals surface area contributed by atoms with E-state index in [4.69, 9.17) is 9.47 Å². The molecule has 3 N–H and O–H groups in total. The Morgan fingerprint density at radius 3 is 2.93 bits per heavy atom. The van der Waals surface area contributed by atoms with Crippen molar-refractivity contribution in [2.45, 2.75) is 70.1 Å². The van der Waals surface area contributed by atoms with Gasteiger partial charge in [-0.15, -0.1) is 0 Å². The van der Waals surface area contributed by atoms with Crippen LogP contribution < -0.4 is 10.6 Å². The number of carbonyl (C=O) groups is 1. The van der Waals surface area contributed by atoms with Crippen LogP contribution >= 0.6 is 0 Å². The first-order valence-corrected chi connectivity index (χ1v) is 10.5. The van der Waals surface area contributed by atoms with E-state index >= 15 is 0 Å². The number of rotatable bonds is 9. The molecule has 0 aromatic carbocycles. The zero-order valence-electron chi connectivity index (χ0n) is 16.4. The predicted molar refractivity (Wildman–Crippen MR) is 103 cm³/mol. The standard InChI is InChI=1S/C20H34N4O3/c1-2-11-27-19-4-3-15(14-18(19)23-16-7-12-26-13-8-16)20(25)21-9-5-17-6-10-22-24-17/h6,10,15-16,18-19,23H,2-5,7-9,11-14H2,1H3,(H,21,25)(H,22,24)/t15-,18+,19+/m0/s1. The first-order chi connectivity index (χ1) is 13.3. The molecule has 0 radical (unpaired) electrons. The summed E-state index contributed by atoms with van der Waals surface area (Å²) in [4.78, 5) is 12.7. The summed E-state index contributed by atoms with van der Waals surface area (Å²) < 4.78 is 11.6. The molecule has 1 saturated carbocycles. The summed E-state index contributed by atoms with van der Waals surface area (Å²) in [7, 11) is 0. The fourth-order valence-electron chi connectivity index (χ4n) is 4.08. The first kappa shape index (κ1) is 20.3. The van der Waals surface area contributed by atoms with Crippen LogP contribution in [-0.2, 0) is 20.7 Å². The smallest absolute Gasteiger partial charge is 0.223 e. The predicted octanol–water partition coefficient (Wildman–Crippen LogP) is 1.80. The number of ether oxygens (including phenoxy) is 2. The fourth-order valence-corrected chi connectivity index (χ4v) is 4.08. The normalized spacial score (nSPS) is 26.8. The van der Waals surface area contributed by atoms with Crippen molar-refractivity contribution in [2.75, 3.05) is 26.4 Å². The third-order valence-electron chi connectivity index (χ3n) is 5.62. The molecule has 0 unspecified atom stereocenters. The number of H-pyrrole nitrogens is 1. The number of hydrogen-bond donors (Lipinski definition) is 3. The third-order valence-corrected chi connectivity index (χ3v) is 5.62. The number of aromatic amines is 1. The zero-order chi connectivity index (χ0) is 18.9. The number of nitrogens with one attached hydrogen (secondary N) is 3. The van der Waals surface area contributed by atoms with Crippen LogP contribution in [0.25, 0.3) is 0 Å². The molecule has 3 atom stereocenters. The van der Waals surface area contributed by atoms with Crippen LogP contribution in [0.5, 0.6) is 0 Å². The molecule has 1 aromatic rings. The van der Waals surface area contributed by atoms with Gasteiger partial charge in [0.25, 0.3) is 0 Å². The van der Waals surface area contributed by atoms with Gasteiger partial charge in [0.15, 0.2) is 0 Å². The van der Waals surface area contributed by atoms with E-state index in [1.165, 1.54) is 0 Å². The van der Waals surface area contributed by atoms with Gasteiger partial charge >= 0.3 is 0 Å². The monoisotopic (exact) mass is 378 g/mol. The minimum atomic E-state index is 0.0607. The average Bonchev–Trinajstić information content (AvgIpc) is 3.21. The Morgan fingerprint density at radius 2 is 2.19 bits per heavy atom. The van der Waals surface area contributed by atoms with E-state index in [-0.39, 0.29) is 24.0 Å². The molecular formula is C20H34N4O3. The summed E-state index contributed by atoms with van der Waals surface area (Å²) in [6.07, 6.45) is 8.53. The third kappa shape index (κ3) is 6.30. The summed E-state index contributed by atoms with van der Waals surface area (Å²) in [5, 5.41) is 13.7. The Kier molecular flexibility index (Phi) is 8.10. The van der Waals surface area contributed by atoms with Crippen LogP contribution in [0.15, 0.2) is 12.3 Å². The molecule has 1 amide bonds. The summed E-state index contributed by atoms with van der Waals surface area (Å²) in [6.45, 7) is 5.22. The molecular weight excluding hydrogens is 344 g/mol. The molecule has 0 spiro atoms. The average molecular weight is 379 g/mol. The van der Waals surface area contributed by atoms with E-state index in [0.717, 1.165) is 70.5 Å². The maximum absolute atomic E-state index is 12.7. The van der Waals surface area contributed by atoms with Crippen molar-refractivity contribution in [3.05, 3.63) is 18.0 Å². The van der Waals surface area contributed by atoms with Crippen LogP contribution in [0.1, 0.15) is 51.1 Å². The molecule has 3 rings (SSSR count). The SMILES string of the molecule is CCCO[C@@H]1CC[C@H](C(=O)NCCc2ccn[nH]2)C[C@H]1NC1CCOCC1. The van der Waals surface area contributed by atoms with E-state index in [9.17, 15) is 4.79 Å². The summed E-state index contributed by atoms with van der Waals surface area (Å²) in [6, 6.07) is 2.66. The Balaban J connectivity index is 1.49. The number of hydrogen-bond acceptors (Lipinski definition) is 5. The van der Waals surface area contributed by atoms with Crippen LogP contribution in [0, 0.1) is 5.92 Å². The van der Waals surface area contributed by atoms with Gasteiger partial charge in [-0.05, 0) is 44.6 Å². The highest BCUT2D eigenvalue weighted by Gasteiger charge is 2.35. The number of carbonyl (C=O) groups excluding carboxylic acids is 1. The van der Waals surface area contributed by atoms with E-state index < -0.39 is 0 Å². The molecule has 7 heteroatoms. The quantitative estimate of drug-likeness (QED) is 0.610. The van der Waals surface area contributed by atoms with Gasteiger partial charge in [0.1, 0.15) is 0 Å². The van der Waals surface area contributed by atoms with Crippen LogP contribution in [0.2, 0.25) is 0 Å². The zero-order valence-corrected chi connectivity index (χ0v) is 16.4. The van der Waals surface area contributed by atoms with Gasteiger partial charge in [-0.2, -0.15) is 5.10 Å². The van der Waals surface area contributed by atoms with Crippen molar-refractivity contribution < 1.29 is 14.3 Å². The van der Waals surface area contributed by atoms with Crippen molar-refractivity contribution in [3.63, 3.8) is 0 Å². The second-order valence-corrected chi connectivity index (χ2v) is 7.70. The topological polar surface area (TPSA) is 88.3 Å². The lowest BCUT2D eigenvalue weighted by Crippen LogP contribution is -2.52. The van der Waals surface area contributed by atoms with Crippen molar-refractivity contribution >= 4 is 5.91 Å². The lowest BCUT2D eigenvalue weighted by atomic mass is 9.82. The van der Waals surface area contributed by atoms with Crippen LogP contribution in [0.3, 0.4) is 0 Å². The minimum Gasteiger partial charge on any atom is -0.381 e. The van der Waals surface area contributed by atoms with E-state index in [1.807, 2.05) is 6.07 Å². The number of aromatic nitrogens is 2. The van der Waals surface area contributed by atoms with Gasteiger partial charge in [-0.25, -0.2) is 0 Å². The highest BCUT2D eigenvalue weighted by Crippen LogP contribution is 2.28. The van der Waals surface area contributed by atoms with Gasteiger partial charge in [0, 0.05) is 62.7 Å². The Hall–Kier alpha value is -1.44. The van der Waals surface area contributed by atoms with E-state index in [2.05, 4.69) is 27.8 Å². The lowest BCUT2D eigenvalue weighted by molar-refractivity contribution is -0.127. The first-order valence-electron chi connectivity index (χ1n) is 10.5. The highest BCUT2D eigenvalue weighted by molar-refractivity contribution is 5.78. The number of nitrogens with zero attached hydrogens (tertiary/aromatic N) is 1. The highest BCUT2D eigenvalue weighted by atomic mass is 16.5. The Morgan fingerprint density at radius 1 is 1.33 bits per heavy atom. The van der Waals surface area contributed by atoms with Crippen molar-refractivity contribution in [1.82, 2.24) is 20.8 Å². The van der Waals surface area contributed by atoms with Gasteiger partial charge in [-0.3, -0.25) is 9.89 Å². The molecule has 1 saturated heterocycles. The Bertz CT molecular complexity index is 545. The molecule has 1 aromatic heterocycles. The maximum atomic E-state index is 12.7. The van der Waals surface area contributed by atoms with Crippen molar-refractivity contribution in [3.8, 4) is 0 Å². The van der Waals surface area contributed by atoms with Crippen molar-refractivity contribution in [1.29, 1.82) is 0 Å². The second-order valence-electron chi connectivity index (χ2n) is 7.70. The van der Waals surface area contributed by atoms with Gasteiger partial charge in [-0.1, -0.05) is 6.92 Å². The molecule has 2 aliphatic rings. The Labute approximate surface area is 162 Å². The fraction of sp³-hybridized carbons (Fsp3) is 0.800. The molecule has 1 aliphatic carbocycles. The molecule has 27 heavy (non-hydrogen) atoms. The lowest BCUT2D eigenvalue weighted by Gasteiger charge is -2.39. The summed E-state index contributed by atoms with van der Waals surface area (Å²) >= 11 is 0. The number of amides is 1. The molecule has 2 fully saturated rings. The van der Waals surface area contributed by atoms with E-state index in [1.54, 1.807) is 6.20 Å². The molecule has 7 nitrogen and oxygen atoms in total. The second kappa shape index (κ2) is 10.8. The minimum absolute atomic E-state index is 0.0607. The van der Waals surface area contributed by atoms with Gasteiger partial charge in [0.2, 0.25) is 5.91 Å². The molecule has 2 heterocycles.